The van der Waals surface area contributed by atoms with Crippen LogP contribution in [0.4, 0.5) is 0 Å². The zero-order valence-corrected chi connectivity index (χ0v) is 9.55. The van der Waals surface area contributed by atoms with E-state index in [2.05, 4.69) is 58.0 Å². The first-order chi connectivity index (χ1) is 5.95. The maximum Gasteiger partial charge on any atom is 0.208 e. The Bertz CT molecular complexity index is 194. The maximum absolute atomic E-state index is 3.38. The Morgan fingerprint density at radius 2 is 1.15 bits per heavy atom. The van der Waals surface area contributed by atoms with E-state index in [4.69, 9.17) is 0 Å². The van der Waals surface area contributed by atoms with Crippen molar-refractivity contribution in [2.75, 3.05) is 0 Å². The lowest BCUT2D eigenvalue weighted by Crippen LogP contribution is -2.30. The van der Waals surface area contributed by atoms with Gasteiger partial charge in [0.2, 0.25) is 6.67 Å². The van der Waals surface area contributed by atoms with Crippen LogP contribution in [0.2, 0.25) is 0 Å². The van der Waals surface area contributed by atoms with Crippen LogP contribution >= 0.6 is 0 Å². The van der Waals surface area contributed by atoms with Crippen molar-refractivity contribution in [3.63, 3.8) is 0 Å². The largest absolute Gasteiger partial charge is 0.341 e. The Morgan fingerprint density at radius 3 is 1.31 bits per heavy atom. The molecule has 0 spiro atoms. The minimum atomic E-state index is 0.499. The molecule has 0 N–H and O–H groups in total. The van der Waals surface area contributed by atoms with Gasteiger partial charge in [-0.2, -0.15) is 0 Å². The van der Waals surface area contributed by atoms with Crippen LogP contribution in [0.5, 0.6) is 0 Å². The summed E-state index contributed by atoms with van der Waals surface area (Å²) in [6.45, 7) is 16.4. The molecule has 1 aliphatic heterocycles. The highest BCUT2D eigenvalue weighted by atomic mass is 15.5. The molecule has 0 atom stereocenters. The van der Waals surface area contributed by atoms with Crippen LogP contribution in [0.15, 0.2) is 11.4 Å². The molecule has 1 aliphatic rings. The average Bonchev–Trinajstić information content (AvgIpc) is 2.29. The molecule has 0 saturated heterocycles. The Morgan fingerprint density at radius 1 is 0.846 bits per heavy atom. The summed E-state index contributed by atoms with van der Waals surface area (Å²) in [4.78, 5) is 4.41. The first-order valence-corrected chi connectivity index (χ1v) is 4.97. The van der Waals surface area contributed by atoms with Gasteiger partial charge in [-0.25, -0.2) is 0 Å². The lowest BCUT2D eigenvalue weighted by Gasteiger charge is -2.26. The molecule has 1 rings (SSSR count). The maximum atomic E-state index is 3.38. The van der Waals surface area contributed by atoms with Gasteiger partial charge in [0.25, 0.3) is 0 Å². The summed E-state index contributed by atoms with van der Waals surface area (Å²) in [6.07, 6.45) is 0. The van der Waals surface area contributed by atoms with Gasteiger partial charge in [-0.05, 0) is 41.5 Å². The molecule has 2 heteroatoms. The molecule has 13 heavy (non-hydrogen) atoms. The molecule has 2 radical (unpaired) electrons. The average molecular weight is 181 g/mol. The van der Waals surface area contributed by atoms with Crippen LogP contribution in [0.3, 0.4) is 0 Å². The van der Waals surface area contributed by atoms with E-state index in [9.17, 15) is 0 Å². The highest BCUT2D eigenvalue weighted by Crippen LogP contribution is 2.29. The first-order valence-electron chi connectivity index (χ1n) is 4.97. The fourth-order valence-corrected chi connectivity index (χ4v) is 1.62. The van der Waals surface area contributed by atoms with Crippen LogP contribution in [0.25, 0.3) is 0 Å². The first kappa shape index (κ1) is 10.4. The number of nitrogens with zero attached hydrogens (tertiary/aromatic N) is 2. The molecule has 0 fully saturated rings. The monoisotopic (exact) mass is 181 g/mol. The smallest absolute Gasteiger partial charge is 0.208 e. The summed E-state index contributed by atoms with van der Waals surface area (Å²) in [5.74, 6) is 0. The van der Waals surface area contributed by atoms with Gasteiger partial charge in [-0.3, -0.25) is 0 Å². The van der Waals surface area contributed by atoms with Crippen molar-refractivity contribution in [1.29, 1.82) is 0 Å². The van der Waals surface area contributed by atoms with Gasteiger partial charge in [0.1, 0.15) is 0 Å². The van der Waals surface area contributed by atoms with Crippen LogP contribution in [-0.2, 0) is 0 Å². The number of rotatable bonds is 2. The summed E-state index contributed by atoms with van der Waals surface area (Å²) in [6, 6.07) is 0.998. The quantitative estimate of drug-likeness (QED) is 0.604. The lowest BCUT2D eigenvalue weighted by molar-refractivity contribution is 0.256. The predicted molar refractivity (Wildman–Crippen MR) is 55.6 cm³/mol. The van der Waals surface area contributed by atoms with Crippen molar-refractivity contribution < 1.29 is 0 Å². The molecule has 0 amide bonds. The molecule has 74 valence electrons. The Hall–Kier alpha value is -0.660. The number of hydrogen-bond donors (Lipinski definition) is 0. The second-order valence-electron chi connectivity index (χ2n) is 4.20. The minimum Gasteiger partial charge on any atom is -0.341 e. The molecule has 0 aromatic carbocycles. The van der Waals surface area contributed by atoms with Crippen molar-refractivity contribution in [2.24, 2.45) is 0 Å². The zero-order chi connectivity index (χ0) is 10.2. The van der Waals surface area contributed by atoms with Crippen LogP contribution in [0, 0.1) is 6.67 Å². The SMILES string of the molecule is CC1=C(C)N(C(C)C)[13C]N1C(C)C. The summed E-state index contributed by atoms with van der Waals surface area (Å²) < 4.78 is 0. The number of hydrogen-bond acceptors (Lipinski definition) is 2. The van der Waals surface area contributed by atoms with E-state index in [1.165, 1.54) is 11.4 Å². The number of allylic oxidation sites excluding steroid dienone is 2. The van der Waals surface area contributed by atoms with E-state index in [0.717, 1.165) is 0 Å². The van der Waals surface area contributed by atoms with Gasteiger partial charge in [0.05, 0.1) is 0 Å². The molecule has 0 aliphatic carbocycles. The molecule has 0 unspecified atom stereocenters. The van der Waals surface area contributed by atoms with Gasteiger partial charge in [0, 0.05) is 23.5 Å². The van der Waals surface area contributed by atoms with E-state index in [1.54, 1.807) is 0 Å². The standard InChI is InChI=1S/C11H20N2/c1-8(2)12-7-13(9(3)4)11(6)10(12)5/h8-9H,1-6H3/i7+1. The predicted octanol–water partition coefficient (Wildman–Crippen LogP) is 2.67. The Balaban J connectivity index is 2.81. The summed E-state index contributed by atoms with van der Waals surface area (Å²) in [5.41, 5.74) is 2.65. The van der Waals surface area contributed by atoms with Crippen molar-refractivity contribution in [1.82, 2.24) is 9.80 Å². The van der Waals surface area contributed by atoms with Gasteiger partial charge < -0.3 is 9.80 Å². The van der Waals surface area contributed by atoms with Gasteiger partial charge >= 0.3 is 0 Å². The second kappa shape index (κ2) is 3.60. The molecule has 0 aromatic rings. The fraction of sp³-hybridized carbons (Fsp3) is 0.727. The van der Waals surface area contributed by atoms with Crippen LogP contribution in [-0.4, -0.2) is 21.9 Å². The van der Waals surface area contributed by atoms with E-state index < -0.39 is 0 Å². The van der Waals surface area contributed by atoms with E-state index >= 15 is 0 Å². The molecule has 0 saturated carbocycles. The summed E-state index contributed by atoms with van der Waals surface area (Å²) in [5, 5.41) is 0. The fourth-order valence-electron chi connectivity index (χ4n) is 1.62. The highest BCUT2D eigenvalue weighted by Gasteiger charge is 2.28. The topological polar surface area (TPSA) is 6.48 Å². The van der Waals surface area contributed by atoms with Gasteiger partial charge in [-0.1, -0.05) is 0 Å². The third kappa shape index (κ3) is 1.82. The summed E-state index contributed by atoms with van der Waals surface area (Å²) in [7, 11) is 0. The third-order valence-electron chi connectivity index (χ3n) is 2.49. The molecule has 0 bridgehead atoms. The molecular weight excluding hydrogens is 161 g/mol. The molecular formula is C11H20N2. The second-order valence-corrected chi connectivity index (χ2v) is 4.20. The van der Waals surface area contributed by atoms with E-state index in [1.807, 2.05) is 0 Å². The zero-order valence-electron chi connectivity index (χ0n) is 9.55. The summed E-state index contributed by atoms with van der Waals surface area (Å²) >= 11 is 0. The van der Waals surface area contributed by atoms with Crippen molar-refractivity contribution in [2.45, 2.75) is 53.6 Å². The van der Waals surface area contributed by atoms with Gasteiger partial charge in [0.15, 0.2) is 0 Å². The third-order valence-corrected chi connectivity index (χ3v) is 2.49. The molecule has 2 nitrogen and oxygen atoms in total. The normalized spacial score (nSPS) is 18.5. The van der Waals surface area contributed by atoms with Crippen LogP contribution in [0.1, 0.15) is 41.5 Å². The Kier molecular flexibility index (Phi) is 2.89. The Labute approximate surface area is 82.2 Å². The van der Waals surface area contributed by atoms with Crippen molar-refractivity contribution in [3.05, 3.63) is 18.1 Å². The minimum absolute atomic E-state index is 0.499. The van der Waals surface area contributed by atoms with Crippen molar-refractivity contribution >= 4 is 0 Å². The lowest BCUT2D eigenvalue weighted by atomic mass is 10.3. The molecule has 1 heterocycles. The van der Waals surface area contributed by atoms with Crippen LogP contribution < -0.4 is 0 Å². The highest BCUT2D eigenvalue weighted by molar-refractivity contribution is 5.18. The van der Waals surface area contributed by atoms with E-state index in [0.29, 0.717) is 12.1 Å². The van der Waals surface area contributed by atoms with E-state index in [-0.39, 0.29) is 0 Å². The van der Waals surface area contributed by atoms with Crippen molar-refractivity contribution in [3.8, 4) is 0 Å². The molecule has 0 aromatic heterocycles. The van der Waals surface area contributed by atoms with Gasteiger partial charge in [-0.15, -0.1) is 0 Å².